The third kappa shape index (κ3) is 2.40. The summed E-state index contributed by atoms with van der Waals surface area (Å²) < 4.78 is 6.25. The van der Waals surface area contributed by atoms with Crippen LogP contribution < -0.4 is 5.63 Å². The van der Waals surface area contributed by atoms with E-state index in [0.717, 1.165) is 26.1 Å². The Hall–Kier alpha value is -2.18. The largest absolute Gasteiger partial charge is 0.423 e. The van der Waals surface area contributed by atoms with Crippen molar-refractivity contribution in [3.63, 3.8) is 0 Å². The number of rotatable bonds is 3. The van der Waals surface area contributed by atoms with Crippen LogP contribution in [0, 0.1) is 0 Å². The van der Waals surface area contributed by atoms with Gasteiger partial charge in [0.1, 0.15) is 11.1 Å². The molecule has 6 heteroatoms. The molecule has 0 N–H and O–H groups in total. The van der Waals surface area contributed by atoms with E-state index in [1.807, 2.05) is 24.3 Å². The zero-order valence-electron chi connectivity index (χ0n) is 11.4. The molecular formula is C16H10N2O2S2. The van der Waals surface area contributed by atoms with Gasteiger partial charge in [-0.3, -0.25) is 0 Å². The zero-order valence-corrected chi connectivity index (χ0v) is 13.0. The molecule has 0 aliphatic carbocycles. The second kappa shape index (κ2) is 5.55. The van der Waals surface area contributed by atoms with E-state index in [1.165, 1.54) is 11.3 Å². The molecule has 0 aliphatic rings. The summed E-state index contributed by atoms with van der Waals surface area (Å²) in [6.07, 6.45) is 0. The van der Waals surface area contributed by atoms with Gasteiger partial charge in [0, 0.05) is 17.2 Å². The van der Waals surface area contributed by atoms with Crippen LogP contribution in [0.15, 0.2) is 61.5 Å². The maximum absolute atomic E-state index is 11.8. The molecule has 2 heterocycles. The fourth-order valence-electron chi connectivity index (χ4n) is 2.50. The van der Waals surface area contributed by atoms with Crippen LogP contribution in [-0.2, 0) is 5.75 Å². The first-order valence-electron chi connectivity index (χ1n) is 6.65. The van der Waals surface area contributed by atoms with E-state index in [2.05, 4.69) is 22.3 Å². The van der Waals surface area contributed by atoms with Crippen LogP contribution in [0.4, 0.5) is 0 Å². The molecule has 2 aromatic carbocycles. The Balaban J connectivity index is 1.91. The van der Waals surface area contributed by atoms with Crippen molar-refractivity contribution in [2.75, 3.05) is 0 Å². The number of nitrogens with zero attached hydrogens (tertiary/aromatic N) is 2. The van der Waals surface area contributed by atoms with Crippen LogP contribution in [0.25, 0.3) is 21.7 Å². The van der Waals surface area contributed by atoms with E-state index in [-0.39, 0.29) is 5.63 Å². The average Bonchev–Trinajstić information content (AvgIpc) is 3.05. The van der Waals surface area contributed by atoms with Gasteiger partial charge in [0.25, 0.3) is 0 Å². The number of benzene rings is 2. The average molecular weight is 326 g/mol. The lowest BCUT2D eigenvalue weighted by atomic mass is 10.0. The van der Waals surface area contributed by atoms with E-state index >= 15 is 0 Å². The third-order valence-electron chi connectivity index (χ3n) is 3.41. The van der Waals surface area contributed by atoms with Gasteiger partial charge in [-0.05, 0) is 22.4 Å². The highest BCUT2D eigenvalue weighted by molar-refractivity contribution is 8.00. The lowest BCUT2D eigenvalue weighted by Crippen LogP contribution is -2.00. The number of fused-ring (bicyclic) bond motifs is 3. The molecule has 0 saturated carbocycles. The quantitative estimate of drug-likeness (QED) is 0.322. The van der Waals surface area contributed by atoms with Gasteiger partial charge in [-0.2, -0.15) is 0 Å². The van der Waals surface area contributed by atoms with Crippen LogP contribution >= 0.6 is 23.1 Å². The second-order valence-corrected chi connectivity index (χ2v) is 6.80. The predicted molar refractivity (Wildman–Crippen MR) is 89.5 cm³/mol. The molecule has 4 nitrogen and oxygen atoms in total. The van der Waals surface area contributed by atoms with Crippen molar-refractivity contribution in [3.05, 3.63) is 64.0 Å². The summed E-state index contributed by atoms with van der Waals surface area (Å²) in [5.41, 5.74) is 2.97. The lowest BCUT2D eigenvalue weighted by Gasteiger charge is -2.07. The number of hydrogen-bond donors (Lipinski definition) is 0. The van der Waals surface area contributed by atoms with Crippen molar-refractivity contribution < 1.29 is 4.42 Å². The predicted octanol–water partition coefficient (Wildman–Crippen LogP) is 4.09. The summed E-state index contributed by atoms with van der Waals surface area (Å²) in [5.74, 6) is 0.658. The maximum Gasteiger partial charge on any atom is 0.336 e. The molecule has 22 heavy (non-hydrogen) atoms. The normalized spacial score (nSPS) is 11.3. The van der Waals surface area contributed by atoms with E-state index in [9.17, 15) is 4.79 Å². The van der Waals surface area contributed by atoms with Crippen molar-refractivity contribution in [2.24, 2.45) is 0 Å². The van der Waals surface area contributed by atoms with Crippen LogP contribution in [0.1, 0.15) is 5.56 Å². The standard InChI is InChI=1S/C16H10N2O2S2/c19-14-7-11(8-21-16-18-17-9-22-16)15-12-4-2-1-3-10(12)5-6-13(15)20-14/h1-7,9H,8H2. The van der Waals surface area contributed by atoms with Gasteiger partial charge < -0.3 is 4.42 Å². The smallest absolute Gasteiger partial charge is 0.336 e. The first-order valence-corrected chi connectivity index (χ1v) is 8.51. The summed E-state index contributed by atoms with van der Waals surface area (Å²) >= 11 is 3.07. The summed E-state index contributed by atoms with van der Waals surface area (Å²) in [6.45, 7) is 0. The highest BCUT2D eigenvalue weighted by atomic mass is 32.2. The van der Waals surface area contributed by atoms with E-state index in [0.29, 0.717) is 11.3 Å². The highest BCUT2D eigenvalue weighted by Crippen LogP contribution is 2.31. The van der Waals surface area contributed by atoms with Crippen LogP contribution in [0.2, 0.25) is 0 Å². The molecule has 0 atom stereocenters. The van der Waals surface area contributed by atoms with Gasteiger partial charge >= 0.3 is 5.63 Å². The number of hydrogen-bond acceptors (Lipinski definition) is 6. The fraction of sp³-hybridized carbons (Fsp3) is 0.0625. The van der Waals surface area contributed by atoms with Crippen molar-refractivity contribution >= 4 is 44.8 Å². The Kier molecular flexibility index (Phi) is 3.40. The van der Waals surface area contributed by atoms with Crippen molar-refractivity contribution in [1.82, 2.24) is 10.2 Å². The van der Waals surface area contributed by atoms with Crippen LogP contribution in [0.5, 0.6) is 0 Å². The molecular weight excluding hydrogens is 316 g/mol. The van der Waals surface area contributed by atoms with Crippen LogP contribution in [-0.4, -0.2) is 10.2 Å². The monoisotopic (exact) mass is 326 g/mol. The molecule has 0 fully saturated rings. The molecule has 0 saturated heterocycles. The first kappa shape index (κ1) is 13.5. The summed E-state index contributed by atoms with van der Waals surface area (Å²) in [7, 11) is 0. The molecule has 108 valence electrons. The topological polar surface area (TPSA) is 56.0 Å². The molecule has 0 amide bonds. The van der Waals surface area contributed by atoms with Gasteiger partial charge in [-0.1, -0.05) is 53.4 Å². The first-order chi connectivity index (χ1) is 10.8. The van der Waals surface area contributed by atoms with E-state index in [1.54, 1.807) is 23.3 Å². The Labute approximate surface area is 133 Å². The minimum atomic E-state index is -0.323. The van der Waals surface area contributed by atoms with Gasteiger partial charge in [-0.25, -0.2) is 4.79 Å². The number of thioether (sulfide) groups is 1. The minimum Gasteiger partial charge on any atom is -0.423 e. The molecule has 4 rings (SSSR count). The maximum atomic E-state index is 11.8. The molecule has 0 aliphatic heterocycles. The van der Waals surface area contributed by atoms with Gasteiger partial charge in [0.2, 0.25) is 0 Å². The Bertz CT molecular complexity index is 1010. The summed E-state index contributed by atoms with van der Waals surface area (Å²) in [5, 5.41) is 11.1. The van der Waals surface area contributed by atoms with Crippen LogP contribution in [0.3, 0.4) is 0 Å². The van der Waals surface area contributed by atoms with Gasteiger partial charge in [0.15, 0.2) is 4.34 Å². The van der Waals surface area contributed by atoms with Gasteiger partial charge in [-0.15, -0.1) is 10.2 Å². The molecule has 0 bridgehead atoms. The fourth-order valence-corrected chi connectivity index (χ4v) is 3.97. The highest BCUT2D eigenvalue weighted by Gasteiger charge is 2.10. The summed E-state index contributed by atoms with van der Waals surface area (Å²) in [6, 6.07) is 13.5. The Morgan fingerprint density at radius 2 is 2.09 bits per heavy atom. The Morgan fingerprint density at radius 3 is 2.95 bits per heavy atom. The zero-order chi connectivity index (χ0) is 14.9. The molecule has 4 aromatic rings. The van der Waals surface area contributed by atoms with E-state index in [4.69, 9.17) is 4.42 Å². The molecule has 0 unspecified atom stereocenters. The lowest BCUT2D eigenvalue weighted by molar-refractivity contribution is 0.560. The Morgan fingerprint density at radius 1 is 1.18 bits per heavy atom. The van der Waals surface area contributed by atoms with Crippen molar-refractivity contribution in [3.8, 4) is 0 Å². The van der Waals surface area contributed by atoms with E-state index < -0.39 is 0 Å². The SMILES string of the molecule is O=c1cc(CSc2nncs2)c2c(ccc3ccccc32)o1. The van der Waals surface area contributed by atoms with Crippen molar-refractivity contribution in [2.45, 2.75) is 10.1 Å². The third-order valence-corrected chi connectivity index (χ3v) is 5.31. The molecule has 0 spiro atoms. The number of aromatic nitrogens is 2. The molecule has 0 radical (unpaired) electrons. The second-order valence-electron chi connectivity index (χ2n) is 4.74. The minimum absolute atomic E-state index is 0.323. The van der Waals surface area contributed by atoms with Crippen molar-refractivity contribution in [1.29, 1.82) is 0 Å². The summed E-state index contributed by atoms with van der Waals surface area (Å²) in [4.78, 5) is 11.8. The molecule has 2 aromatic heterocycles. The van der Waals surface area contributed by atoms with Gasteiger partial charge in [0.05, 0.1) is 0 Å².